The number of nitrogens with zero attached hydrogens (tertiary/aromatic N) is 4. The van der Waals surface area contributed by atoms with E-state index in [1.54, 1.807) is 19.6 Å². The molecule has 6 nitrogen and oxygen atoms in total. The van der Waals surface area contributed by atoms with Gasteiger partial charge in [-0.05, 0) is 12.1 Å². The number of fused-ring (bicyclic) bond motifs is 1. The zero-order valence-electron chi connectivity index (χ0n) is 9.74. The van der Waals surface area contributed by atoms with Gasteiger partial charge in [0.25, 0.3) is 0 Å². The van der Waals surface area contributed by atoms with E-state index < -0.39 is 0 Å². The first-order valence-electron chi connectivity index (χ1n) is 5.37. The van der Waals surface area contributed by atoms with Crippen LogP contribution >= 0.6 is 0 Å². The monoisotopic (exact) mass is 241 g/mol. The van der Waals surface area contributed by atoms with Gasteiger partial charge in [-0.2, -0.15) is 0 Å². The van der Waals surface area contributed by atoms with Crippen LogP contribution in [0.1, 0.15) is 0 Å². The number of aromatic nitrogens is 4. The van der Waals surface area contributed by atoms with Gasteiger partial charge in [0.05, 0.1) is 13.4 Å². The van der Waals surface area contributed by atoms with Crippen LogP contribution in [-0.2, 0) is 0 Å². The molecule has 1 aromatic carbocycles. The second kappa shape index (κ2) is 3.99. The highest BCUT2D eigenvalue weighted by Gasteiger charge is 2.13. The van der Waals surface area contributed by atoms with Crippen molar-refractivity contribution in [3.63, 3.8) is 0 Å². The Morgan fingerprint density at radius 1 is 1.28 bits per heavy atom. The fraction of sp³-hybridized carbons (Fsp3) is 0.0833. The van der Waals surface area contributed by atoms with Crippen molar-refractivity contribution in [2.75, 3.05) is 12.8 Å². The summed E-state index contributed by atoms with van der Waals surface area (Å²) in [6.45, 7) is 0. The molecule has 0 radical (unpaired) electrons. The number of benzene rings is 1. The molecule has 0 saturated carbocycles. The first-order chi connectivity index (χ1) is 8.81. The summed E-state index contributed by atoms with van der Waals surface area (Å²) >= 11 is 0. The molecule has 6 heteroatoms. The molecule has 0 fully saturated rings. The predicted molar refractivity (Wildman–Crippen MR) is 67.6 cm³/mol. The summed E-state index contributed by atoms with van der Waals surface area (Å²) in [7, 11) is 1.62. The van der Waals surface area contributed by atoms with Crippen LogP contribution in [0.3, 0.4) is 0 Å². The van der Waals surface area contributed by atoms with Gasteiger partial charge in [0, 0.05) is 17.8 Å². The van der Waals surface area contributed by atoms with Crippen LogP contribution in [0.5, 0.6) is 5.75 Å². The maximum Gasteiger partial charge on any atom is 0.145 e. The van der Waals surface area contributed by atoms with E-state index in [9.17, 15) is 0 Å². The minimum absolute atomic E-state index is 0.448. The molecule has 0 unspecified atom stereocenters. The van der Waals surface area contributed by atoms with Gasteiger partial charge >= 0.3 is 0 Å². The first-order valence-corrected chi connectivity index (χ1v) is 5.37. The average molecular weight is 241 g/mol. The normalized spacial score (nSPS) is 10.7. The van der Waals surface area contributed by atoms with Gasteiger partial charge in [-0.1, -0.05) is 0 Å². The summed E-state index contributed by atoms with van der Waals surface area (Å²) in [5.41, 5.74) is 7.40. The van der Waals surface area contributed by atoms with Crippen molar-refractivity contribution >= 4 is 16.7 Å². The summed E-state index contributed by atoms with van der Waals surface area (Å²) in [5, 5.41) is 0.794. The second-order valence-corrected chi connectivity index (χ2v) is 3.74. The van der Waals surface area contributed by atoms with E-state index in [1.165, 1.54) is 6.33 Å². The zero-order chi connectivity index (χ0) is 12.5. The lowest BCUT2D eigenvalue weighted by molar-refractivity contribution is 0.413. The van der Waals surface area contributed by atoms with E-state index in [-0.39, 0.29) is 0 Å². The van der Waals surface area contributed by atoms with Crippen LogP contribution in [0.15, 0.2) is 37.2 Å². The van der Waals surface area contributed by atoms with Gasteiger partial charge in [0.1, 0.15) is 29.1 Å². The largest absolute Gasteiger partial charge is 0.494 e. The molecular formula is C12H11N5O. The molecule has 0 aliphatic rings. The lowest BCUT2D eigenvalue weighted by Crippen LogP contribution is -2.01. The summed E-state index contributed by atoms with van der Waals surface area (Å²) in [6, 6.07) is 3.70. The maximum absolute atomic E-state index is 5.85. The molecule has 3 rings (SSSR count). The van der Waals surface area contributed by atoms with Crippen molar-refractivity contribution in [2.45, 2.75) is 0 Å². The van der Waals surface area contributed by atoms with E-state index in [0.29, 0.717) is 11.6 Å². The quantitative estimate of drug-likeness (QED) is 0.733. The van der Waals surface area contributed by atoms with Gasteiger partial charge in [-0.25, -0.2) is 15.0 Å². The Balaban J connectivity index is 2.42. The second-order valence-electron chi connectivity index (χ2n) is 3.74. The van der Waals surface area contributed by atoms with Crippen molar-refractivity contribution in [1.82, 2.24) is 19.5 Å². The Morgan fingerprint density at radius 2 is 2.17 bits per heavy atom. The number of nitrogen functional groups attached to an aromatic ring is 1. The molecule has 0 bridgehead atoms. The van der Waals surface area contributed by atoms with Crippen molar-refractivity contribution in [3.8, 4) is 11.4 Å². The SMILES string of the molecule is COc1ccc2c(N)ncnc2c1-n1ccnc1. The molecule has 18 heavy (non-hydrogen) atoms. The van der Waals surface area contributed by atoms with E-state index in [2.05, 4.69) is 15.0 Å². The third kappa shape index (κ3) is 1.46. The third-order valence-corrected chi connectivity index (χ3v) is 2.76. The van der Waals surface area contributed by atoms with Crippen molar-refractivity contribution in [3.05, 3.63) is 37.2 Å². The van der Waals surface area contributed by atoms with Crippen LogP contribution in [-0.4, -0.2) is 26.6 Å². The standard InChI is InChI=1S/C12H11N5O/c1-18-9-3-2-8-10(15-6-16-12(8)13)11(9)17-5-4-14-7-17/h2-7H,1H3,(H2,13,15,16). The molecule has 3 aromatic rings. The molecule has 0 aliphatic heterocycles. The molecule has 2 N–H and O–H groups in total. The van der Waals surface area contributed by atoms with Gasteiger partial charge in [0.15, 0.2) is 0 Å². The van der Waals surface area contributed by atoms with Crippen LogP contribution in [0.4, 0.5) is 5.82 Å². The molecule has 0 saturated heterocycles. The Morgan fingerprint density at radius 3 is 2.89 bits per heavy atom. The first kappa shape index (κ1) is 10.5. The minimum atomic E-state index is 0.448. The van der Waals surface area contributed by atoms with Crippen molar-refractivity contribution in [1.29, 1.82) is 0 Å². The molecule has 2 heterocycles. The smallest absolute Gasteiger partial charge is 0.145 e. The van der Waals surface area contributed by atoms with E-state index >= 15 is 0 Å². The number of hydrogen-bond donors (Lipinski definition) is 1. The number of anilines is 1. The highest BCUT2D eigenvalue weighted by Crippen LogP contribution is 2.31. The van der Waals surface area contributed by atoms with Crippen molar-refractivity contribution < 1.29 is 4.74 Å². The zero-order valence-corrected chi connectivity index (χ0v) is 9.74. The highest BCUT2D eigenvalue weighted by molar-refractivity contribution is 5.95. The Labute approximate surface area is 103 Å². The maximum atomic E-state index is 5.85. The average Bonchev–Trinajstić information content (AvgIpc) is 2.91. The Hall–Kier alpha value is -2.63. The van der Waals surface area contributed by atoms with Crippen LogP contribution in [0.2, 0.25) is 0 Å². The topological polar surface area (TPSA) is 78.9 Å². The van der Waals surface area contributed by atoms with E-state index in [1.807, 2.05) is 22.9 Å². The fourth-order valence-corrected chi connectivity index (χ4v) is 1.92. The molecule has 0 atom stereocenters. The number of imidazole rings is 1. The number of nitrogens with two attached hydrogens (primary N) is 1. The molecule has 0 aliphatic carbocycles. The van der Waals surface area contributed by atoms with Crippen molar-refractivity contribution in [2.24, 2.45) is 0 Å². The molecule has 0 spiro atoms. The molecule has 2 aromatic heterocycles. The number of methoxy groups -OCH3 is 1. The van der Waals surface area contributed by atoms with Crippen LogP contribution in [0, 0.1) is 0 Å². The fourth-order valence-electron chi connectivity index (χ4n) is 1.92. The Kier molecular flexibility index (Phi) is 2.33. The number of rotatable bonds is 2. The third-order valence-electron chi connectivity index (χ3n) is 2.76. The minimum Gasteiger partial charge on any atom is -0.494 e. The summed E-state index contributed by atoms with van der Waals surface area (Å²) in [6.07, 6.45) is 6.66. The molecule has 0 amide bonds. The molecule has 90 valence electrons. The van der Waals surface area contributed by atoms with Gasteiger partial charge in [-0.3, -0.25) is 0 Å². The summed E-state index contributed by atoms with van der Waals surface area (Å²) in [5.74, 6) is 1.16. The Bertz CT molecular complexity index is 693. The number of ether oxygens (including phenoxy) is 1. The molecular weight excluding hydrogens is 230 g/mol. The van der Waals surface area contributed by atoms with E-state index in [4.69, 9.17) is 10.5 Å². The summed E-state index contributed by atoms with van der Waals surface area (Å²) < 4.78 is 7.21. The van der Waals surface area contributed by atoms with E-state index in [0.717, 1.165) is 16.6 Å². The highest BCUT2D eigenvalue weighted by atomic mass is 16.5. The lowest BCUT2D eigenvalue weighted by atomic mass is 10.2. The van der Waals surface area contributed by atoms with Gasteiger partial charge in [0.2, 0.25) is 0 Å². The van der Waals surface area contributed by atoms with Crippen LogP contribution in [0.25, 0.3) is 16.6 Å². The lowest BCUT2D eigenvalue weighted by Gasteiger charge is -2.12. The predicted octanol–water partition coefficient (Wildman–Crippen LogP) is 1.41. The summed E-state index contributed by atoms with van der Waals surface area (Å²) in [4.78, 5) is 12.3. The van der Waals surface area contributed by atoms with Gasteiger partial charge in [-0.15, -0.1) is 0 Å². The van der Waals surface area contributed by atoms with Crippen LogP contribution < -0.4 is 10.5 Å². The number of hydrogen-bond acceptors (Lipinski definition) is 5. The van der Waals surface area contributed by atoms with Gasteiger partial charge < -0.3 is 15.0 Å².